The van der Waals surface area contributed by atoms with Crippen LogP contribution in [0, 0.1) is 16.7 Å². The minimum absolute atomic E-state index is 0.0778. The van der Waals surface area contributed by atoms with Gasteiger partial charge in [0.1, 0.15) is 0 Å². The number of benzene rings is 1. The summed E-state index contributed by atoms with van der Waals surface area (Å²) in [6, 6.07) is 9.79. The Kier molecular flexibility index (Phi) is 2.32. The first-order valence-electron chi connectivity index (χ1n) is 5.56. The number of nitriles is 1. The van der Waals surface area contributed by atoms with E-state index in [-0.39, 0.29) is 17.1 Å². The normalized spacial score (nSPS) is 25.6. The molecule has 0 radical (unpaired) electrons. The number of nitrogens with zero attached hydrogens (tertiary/aromatic N) is 1. The maximum absolute atomic E-state index is 8.74. The number of hydrogen-bond donors (Lipinski definition) is 0. The standard InChI is InChI=1S/C14H17NO/c1-13(2)12(16-14(13,3)4)11-7-5-10(9-15)6-8-11/h5-8,12H,1-4H3. The van der Waals surface area contributed by atoms with E-state index in [0.717, 1.165) is 5.56 Å². The van der Waals surface area contributed by atoms with Crippen LogP contribution in [-0.2, 0) is 4.74 Å². The van der Waals surface area contributed by atoms with E-state index in [9.17, 15) is 0 Å². The summed E-state index contributed by atoms with van der Waals surface area (Å²) >= 11 is 0. The summed E-state index contributed by atoms with van der Waals surface area (Å²) in [5, 5.41) is 8.74. The first kappa shape index (κ1) is 11.2. The molecule has 1 saturated heterocycles. The Morgan fingerprint density at radius 1 is 1.12 bits per heavy atom. The topological polar surface area (TPSA) is 33.0 Å². The van der Waals surface area contributed by atoms with E-state index in [2.05, 4.69) is 33.8 Å². The van der Waals surface area contributed by atoms with Gasteiger partial charge >= 0.3 is 0 Å². The highest BCUT2D eigenvalue weighted by Crippen LogP contribution is 2.57. The third-order valence-corrected chi connectivity index (χ3v) is 3.96. The summed E-state index contributed by atoms with van der Waals surface area (Å²) in [6.45, 7) is 8.68. The zero-order valence-corrected chi connectivity index (χ0v) is 10.2. The Morgan fingerprint density at radius 3 is 2.06 bits per heavy atom. The van der Waals surface area contributed by atoms with Gasteiger partial charge in [0.25, 0.3) is 0 Å². The van der Waals surface area contributed by atoms with Crippen LogP contribution < -0.4 is 0 Å². The third kappa shape index (κ3) is 1.44. The first-order chi connectivity index (χ1) is 7.38. The fourth-order valence-corrected chi connectivity index (χ4v) is 2.07. The molecule has 16 heavy (non-hydrogen) atoms. The molecule has 2 rings (SSSR count). The summed E-state index contributed by atoms with van der Waals surface area (Å²) in [5.74, 6) is 0. The van der Waals surface area contributed by atoms with Crippen molar-refractivity contribution in [3.63, 3.8) is 0 Å². The second-order valence-corrected chi connectivity index (χ2v) is 5.46. The molecule has 0 aromatic heterocycles. The highest BCUT2D eigenvalue weighted by atomic mass is 16.5. The highest BCUT2D eigenvalue weighted by Gasteiger charge is 2.56. The number of rotatable bonds is 1. The lowest BCUT2D eigenvalue weighted by Gasteiger charge is -2.58. The van der Waals surface area contributed by atoms with Crippen LogP contribution in [0.15, 0.2) is 24.3 Å². The van der Waals surface area contributed by atoms with Crippen LogP contribution >= 0.6 is 0 Å². The van der Waals surface area contributed by atoms with E-state index in [1.165, 1.54) is 0 Å². The molecular formula is C14H17NO. The molecule has 1 aliphatic rings. The van der Waals surface area contributed by atoms with Gasteiger partial charge in [0.05, 0.1) is 23.3 Å². The molecule has 84 valence electrons. The van der Waals surface area contributed by atoms with Crippen molar-refractivity contribution < 1.29 is 4.74 Å². The Bertz CT molecular complexity index is 437. The Morgan fingerprint density at radius 2 is 1.69 bits per heavy atom. The maximum Gasteiger partial charge on any atom is 0.0991 e. The molecular weight excluding hydrogens is 198 g/mol. The van der Waals surface area contributed by atoms with Gasteiger partial charge in [-0.15, -0.1) is 0 Å². The van der Waals surface area contributed by atoms with Gasteiger partial charge in [-0.05, 0) is 31.5 Å². The molecule has 2 heteroatoms. The third-order valence-electron chi connectivity index (χ3n) is 3.96. The fraction of sp³-hybridized carbons (Fsp3) is 0.500. The molecule has 1 fully saturated rings. The minimum atomic E-state index is -0.0778. The molecule has 0 N–H and O–H groups in total. The van der Waals surface area contributed by atoms with Gasteiger partial charge in [0.2, 0.25) is 0 Å². The van der Waals surface area contributed by atoms with E-state index in [0.29, 0.717) is 5.56 Å². The average molecular weight is 215 g/mol. The van der Waals surface area contributed by atoms with E-state index in [1.54, 1.807) is 0 Å². The summed E-state index contributed by atoms with van der Waals surface area (Å²) in [7, 11) is 0. The van der Waals surface area contributed by atoms with Crippen LogP contribution in [0.2, 0.25) is 0 Å². The maximum atomic E-state index is 8.74. The van der Waals surface area contributed by atoms with Gasteiger partial charge in [-0.1, -0.05) is 26.0 Å². The van der Waals surface area contributed by atoms with E-state index < -0.39 is 0 Å². The van der Waals surface area contributed by atoms with Crippen LogP contribution in [0.4, 0.5) is 0 Å². The minimum Gasteiger partial charge on any atom is -0.366 e. The highest BCUT2D eigenvalue weighted by molar-refractivity contribution is 5.34. The molecule has 1 atom stereocenters. The zero-order valence-electron chi connectivity index (χ0n) is 10.2. The van der Waals surface area contributed by atoms with Gasteiger partial charge in [-0.2, -0.15) is 5.26 Å². The van der Waals surface area contributed by atoms with Crippen molar-refractivity contribution in [2.75, 3.05) is 0 Å². The average Bonchev–Trinajstić information content (AvgIpc) is 2.26. The second kappa shape index (κ2) is 3.33. The summed E-state index contributed by atoms with van der Waals surface area (Å²) < 4.78 is 5.92. The Balaban J connectivity index is 2.25. The molecule has 2 nitrogen and oxygen atoms in total. The van der Waals surface area contributed by atoms with E-state index >= 15 is 0 Å². The van der Waals surface area contributed by atoms with Gasteiger partial charge in [0, 0.05) is 5.41 Å². The Hall–Kier alpha value is -1.33. The molecule has 0 bridgehead atoms. The van der Waals surface area contributed by atoms with Crippen molar-refractivity contribution in [3.05, 3.63) is 35.4 Å². The molecule has 1 aromatic rings. The molecule has 0 saturated carbocycles. The molecule has 0 aliphatic carbocycles. The van der Waals surface area contributed by atoms with Crippen molar-refractivity contribution in [2.24, 2.45) is 5.41 Å². The lowest BCUT2D eigenvalue weighted by atomic mass is 9.65. The summed E-state index contributed by atoms with van der Waals surface area (Å²) in [6.07, 6.45) is 0.134. The molecule has 0 spiro atoms. The fourth-order valence-electron chi connectivity index (χ4n) is 2.07. The SMILES string of the molecule is CC1(C)OC(c2ccc(C#N)cc2)C1(C)C. The predicted molar refractivity (Wildman–Crippen MR) is 62.8 cm³/mol. The summed E-state index contributed by atoms with van der Waals surface area (Å²) in [5.41, 5.74) is 1.90. The lowest BCUT2D eigenvalue weighted by molar-refractivity contribution is -0.294. The monoisotopic (exact) mass is 215 g/mol. The van der Waals surface area contributed by atoms with Gasteiger partial charge < -0.3 is 4.74 Å². The first-order valence-corrected chi connectivity index (χ1v) is 5.56. The number of ether oxygens (including phenoxy) is 1. The summed E-state index contributed by atoms with van der Waals surface area (Å²) in [4.78, 5) is 0. The van der Waals surface area contributed by atoms with E-state index in [1.807, 2.05) is 24.3 Å². The van der Waals surface area contributed by atoms with Crippen LogP contribution in [0.3, 0.4) is 0 Å². The van der Waals surface area contributed by atoms with Crippen LogP contribution in [0.1, 0.15) is 44.9 Å². The van der Waals surface area contributed by atoms with Crippen molar-refractivity contribution in [1.82, 2.24) is 0 Å². The van der Waals surface area contributed by atoms with E-state index in [4.69, 9.17) is 10.00 Å². The van der Waals surface area contributed by atoms with Crippen LogP contribution in [0.5, 0.6) is 0 Å². The quantitative estimate of drug-likeness (QED) is 0.719. The van der Waals surface area contributed by atoms with Crippen molar-refractivity contribution in [2.45, 2.75) is 39.4 Å². The molecule has 1 heterocycles. The largest absolute Gasteiger partial charge is 0.366 e. The van der Waals surface area contributed by atoms with Gasteiger partial charge in [-0.25, -0.2) is 0 Å². The predicted octanol–water partition coefficient (Wildman–Crippen LogP) is 3.43. The van der Waals surface area contributed by atoms with Gasteiger partial charge in [0.15, 0.2) is 0 Å². The van der Waals surface area contributed by atoms with Crippen LogP contribution in [-0.4, -0.2) is 5.60 Å². The van der Waals surface area contributed by atoms with Crippen molar-refractivity contribution in [3.8, 4) is 6.07 Å². The lowest BCUT2D eigenvalue weighted by Crippen LogP contribution is -2.57. The molecule has 1 unspecified atom stereocenters. The van der Waals surface area contributed by atoms with Crippen molar-refractivity contribution >= 4 is 0 Å². The molecule has 1 aromatic carbocycles. The molecule has 0 amide bonds. The number of hydrogen-bond acceptors (Lipinski definition) is 2. The second-order valence-electron chi connectivity index (χ2n) is 5.46. The van der Waals surface area contributed by atoms with Crippen LogP contribution in [0.25, 0.3) is 0 Å². The molecule has 1 aliphatic heterocycles. The van der Waals surface area contributed by atoms with Gasteiger partial charge in [-0.3, -0.25) is 0 Å². The van der Waals surface area contributed by atoms with Crippen molar-refractivity contribution in [1.29, 1.82) is 5.26 Å². The Labute approximate surface area is 96.9 Å². The zero-order chi connectivity index (χ0) is 12.0. The smallest absolute Gasteiger partial charge is 0.0991 e.